The van der Waals surface area contributed by atoms with E-state index in [0.717, 1.165) is 5.56 Å². The van der Waals surface area contributed by atoms with Gasteiger partial charge in [-0.25, -0.2) is 4.79 Å². The summed E-state index contributed by atoms with van der Waals surface area (Å²) in [6.45, 7) is 0.215. The van der Waals surface area contributed by atoms with Gasteiger partial charge in [0.25, 0.3) is 0 Å². The van der Waals surface area contributed by atoms with Gasteiger partial charge < -0.3 is 19.3 Å². The van der Waals surface area contributed by atoms with Crippen molar-refractivity contribution in [3.63, 3.8) is 0 Å². The molecule has 2 atom stereocenters. The number of epoxide rings is 1. The third kappa shape index (κ3) is 1.32. The number of aliphatic carboxylic acids is 1. The fraction of sp³-hybridized carbons (Fsp3) is 0.300. The van der Waals surface area contributed by atoms with Crippen molar-refractivity contribution in [1.82, 2.24) is 0 Å². The Bertz CT molecular complexity index is 428. The second kappa shape index (κ2) is 2.87. The summed E-state index contributed by atoms with van der Waals surface area (Å²) in [5, 5.41) is 8.70. The van der Waals surface area contributed by atoms with Crippen molar-refractivity contribution in [3.8, 4) is 11.5 Å². The van der Waals surface area contributed by atoms with Gasteiger partial charge in [-0.1, -0.05) is 6.07 Å². The van der Waals surface area contributed by atoms with Gasteiger partial charge in [-0.2, -0.15) is 0 Å². The topological polar surface area (TPSA) is 68.3 Å². The minimum Gasteiger partial charge on any atom is -0.479 e. The Kier molecular flexibility index (Phi) is 1.63. The number of rotatable bonds is 2. The zero-order valence-corrected chi connectivity index (χ0v) is 7.67. The molecule has 1 saturated heterocycles. The van der Waals surface area contributed by atoms with Gasteiger partial charge >= 0.3 is 5.97 Å². The number of hydrogen-bond acceptors (Lipinski definition) is 4. The maximum absolute atomic E-state index is 10.6. The lowest BCUT2D eigenvalue weighted by molar-refractivity contribution is -0.138. The Morgan fingerprint density at radius 1 is 1.33 bits per heavy atom. The van der Waals surface area contributed by atoms with E-state index < -0.39 is 12.1 Å². The maximum Gasteiger partial charge on any atom is 0.335 e. The molecular weight excluding hydrogens is 200 g/mol. The molecule has 78 valence electrons. The van der Waals surface area contributed by atoms with Gasteiger partial charge in [0.1, 0.15) is 6.10 Å². The van der Waals surface area contributed by atoms with Gasteiger partial charge in [0, 0.05) is 0 Å². The number of carbonyl (C=O) groups is 1. The molecule has 0 spiro atoms. The molecule has 2 aliphatic rings. The van der Waals surface area contributed by atoms with E-state index in [1.807, 2.05) is 0 Å². The normalized spacial score (nSPS) is 26.4. The maximum atomic E-state index is 10.6. The van der Waals surface area contributed by atoms with Crippen LogP contribution in [-0.4, -0.2) is 24.0 Å². The third-order valence-electron chi connectivity index (χ3n) is 2.46. The van der Waals surface area contributed by atoms with Crippen LogP contribution in [0.5, 0.6) is 11.5 Å². The van der Waals surface area contributed by atoms with Gasteiger partial charge in [-0.15, -0.1) is 0 Å². The molecule has 1 aromatic carbocycles. The molecule has 1 aromatic rings. The molecule has 15 heavy (non-hydrogen) atoms. The molecule has 0 aromatic heterocycles. The molecule has 2 unspecified atom stereocenters. The van der Waals surface area contributed by atoms with Crippen molar-refractivity contribution < 1.29 is 24.1 Å². The molecule has 0 amide bonds. The van der Waals surface area contributed by atoms with Crippen LogP contribution in [0.15, 0.2) is 18.2 Å². The zero-order valence-electron chi connectivity index (χ0n) is 7.67. The Hall–Kier alpha value is -1.75. The van der Waals surface area contributed by atoms with Crippen LogP contribution in [0.2, 0.25) is 0 Å². The molecule has 1 fully saturated rings. The highest BCUT2D eigenvalue weighted by atomic mass is 16.7. The lowest BCUT2D eigenvalue weighted by atomic mass is 10.1. The minimum absolute atomic E-state index is 0.215. The molecule has 2 heterocycles. The molecule has 2 aliphatic heterocycles. The van der Waals surface area contributed by atoms with E-state index in [9.17, 15) is 4.79 Å². The summed E-state index contributed by atoms with van der Waals surface area (Å²) in [5.41, 5.74) is 0.812. The minimum atomic E-state index is -0.933. The van der Waals surface area contributed by atoms with Gasteiger partial charge in [-0.3, -0.25) is 0 Å². The van der Waals surface area contributed by atoms with Crippen LogP contribution in [0, 0.1) is 0 Å². The standard InChI is InChI=1S/C10H8O5/c11-10(12)9-8(15-9)5-1-2-6-7(3-5)14-4-13-6/h1-3,8-9H,4H2,(H,11,12). The predicted molar refractivity (Wildman–Crippen MR) is 47.8 cm³/mol. The van der Waals surface area contributed by atoms with E-state index in [1.165, 1.54) is 0 Å². The lowest BCUT2D eigenvalue weighted by Gasteiger charge is -1.98. The first-order valence-corrected chi connectivity index (χ1v) is 4.53. The van der Waals surface area contributed by atoms with Crippen molar-refractivity contribution in [1.29, 1.82) is 0 Å². The molecule has 0 bridgehead atoms. The van der Waals surface area contributed by atoms with Gasteiger partial charge in [-0.05, 0) is 17.7 Å². The monoisotopic (exact) mass is 208 g/mol. The van der Waals surface area contributed by atoms with Gasteiger partial charge in [0.15, 0.2) is 17.6 Å². The molecular formula is C10H8O5. The number of ether oxygens (including phenoxy) is 3. The van der Waals surface area contributed by atoms with E-state index >= 15 is 0 Å². The van der Waals surface area contributed by atoms with Crippen LogP contribution in [0.3, 0.4) is 0 Å². The van der Waals surface area contributed by atoms with Crippen LogP contribution < -0.4 is 9.47 Å². The van der Waals surface area contributed by atoms with Crippen LogP contribution in [0.4, 0.5) is 0 Å². The first kappa shape index (κ1) is 8.55. The third-order valence-corrected chi connectivity index (χ3v) is 2.46. The number of benzene rings is 1. The average Bonchev–Trinajstić information content (AvgIpc) is 2.89. The summed E-state index contributed by atoms with van der Waals surface area (Å²) in [7, 11) is 0. The van der Waals surface area contributed by atoms with Crippen LogP contribution in [0.1, 0.15) is 11.7 Å². The summed E-state index contributed by atoms with van der Waals surface area (Å²) in [6.07, 6.45) is -1.07. The molecule has 5 nitrogen and oxygen atoms in total. The number of fused-ring (bicyclic) bond motifs is 1. The second-order valence-corrected chi connectivity index (χ2v) is 3.43. The Labute approximate surface area is 85.2 Å². The summed E-state index contributed by atoms with van der Waals surface area (Å²) in [6, 6.07) is 5.31. The van der Waals surface area contributed by atoms with Crippen molar-refractivity contribution in [2.24, 2.45) is 0 Å². The summed E-state index contributed by atoms with van der Waals surface area (Å²) >= 11 is 0. The molecule has 1 N–H and O–H groups in total. The van der Waals surface area contributed by atoms with Crippen molar-refractivity contribution in [2.75, 3.05) is 6.79 Å². The highest BCUT2D eigenvalue weighted by molar-refractivity contribution is 5.76. The zero-order chi connectivity index (χ0) is 10.4. The Morgan fingerprint density at radius 2 is 2.13 bits per heavy atom. The first-order chi connectivity index (χ1) is 7.25. The van der Waals surface area contributed by atoms with Crippen LogP contribution >= 0.6 is 0 Å². The molecule has 0 radical (unpaired) electrons. The fourth-order valence-corrected chi connectivity index (χ4v) is 1.64. The van der Waals surface area contributed by atoms with E-state index in [0.29, 0.717) is 11.5 Å². The molecule has 0 saturated carbocycles. The number of carboxylic acid groups (broad SMARTS) is 1. The van der Waals surface area contributed by atoms with Gasteiger partial charge in [0.05, 0.1) is 0 Å². The van der Waals surface area contributed by atoms with E-state index in [1.54, 1.807) is 18.2 Å². The number of carboxylic acids is 1. The van der Waals surface area contributed by atoms with Crippen LogP contribution in [0.25, 0.3) is 0 Å². The van der Waals surface area contributed by atoms with Gasteiger partial charge in [0.2, 0.25) is 6.79 Å². The van der Waals surface area contributed by atoms with Crippen molar-refractivity contribution >= 4 is 5.97 Å². The van der Waals surface area contributed by atoms with Crippen molar-refractivity contribution in [2.45, 2.75) is 12.2 Å². The molecule has 3 rings (SSSR count). The summed E-state index contributed by atoms with van der Waals surface area (Å²) in [5.74, 6) is 0.399. The largest absolute Gasteiger partial charge is 0.479 e. The molecule has 0 aliphatic carbocycles. The van der Waals surface area contributed by atoms with E-state index in [2.05, 4.69) is 0 Å². The highest BCUT2D eigenvalue weighted by Gasteiger charge is 2.46. The second-order valence-electron chi connectivity index (χ2n) is 3.43. The first-order valence-electron chi connectivity index (χ1n) is 4.53. The fourth-order valence-electron chi connectivity index (χ4n) is 1.64. The van der Waals surface area contributed by atoms with E-state index in [-0.39, 0.29) is 12.9 Å². The Balaban J connectivity index is 1.86. The van der Waals surface area contributed by atoms with E-state index in [4.69, 9.17) is 19.3 Å². The van der Waals surface area contributed by atoms with Crippen molar-refractivity contribution in [3.05, 3.63) is 23.8 Å². The lowest BCUT2D eigenvalue weighted by Crippen LogP contribution is -2.04. The SMILES string of the molecule is O=C(O)C1OC1c1ccc2c(c1)OCO2. The van der Waals surface area contributed by atoms with Crippen LogP contribution in [-0.2, 0) is 9.53 Å². The smallest absolute Gasteiger partial charge is 0.335 e. The molecule has 5 heteroatoms. The summed E-state index contributed by atoms with van der Waals surface area (Å²) in [4.78, 5) is 10.6. The quantitative estimate of drug-likeness (QED) is 0.732. The summed E-state index contributed by atoms with van der Waals surface area (Å²) < 4.78 is 15.4. The number of hydrogen-bond donors (Lipinski definition) is 1. The predicted octanol–water partition coefficient (Wildman–Crippen LogP) is 0.940. The Morgan fingerprint density at radius 3 is 2.87 bits per heavy atom. The average molecular weight is 208 g/mol. The highest BCUT2D eigenvalue weighted by Crippen LogP contribution is 2.42.